The van der Waals surface area contributed by atoms with E-state index < -0.39 is 0 Å². The van der Waals surface area contributed by atoms with Crippen molar-refractivity contribution in [1.82, 2.24) is 15.0 Å². The average Bonchev–Trinajstić information content (AvgIpc) is 3.41. The molecule has 3 heteroatoms. The summed E-state index contributed by atoms with van der Waals surface area (Å²) in [4.78, 5) is 15.1. The molecule has 6 aromatic rings. The van der Waals surface area contributed by atoms with E-state index in [1.54, 1.807) is 0 Å². The first-order chi connectivity index (χ1) is 22.7. The van der Waals surface area contributed by atoms with E-state index >= 15 is 0 Å². The smallest absolute Gasteiger partial charge is 0.160 e. The maximum Gasteiger partial charge on any atom is 0.160 e. The van der Waals surface area contributed by atoms with Crippen molar-refractivity contribution in [3.63, 3.8) is 0 Å². The van der Waals surface area contributed by atoms with Gasteiger partial charge >= 0.3 is 0 Å². The fourth-order valence-electron chi connectivity index (χ4n) is 10.1. The Balaban J connectivity index is 1.13. The van der Waals surface area contributed by atoms with Gasteiger partial charge in [0, 0.05) is 34.5 Å². The fourth-order valence-corrected chi connectivity index (χ4v) is 10.1. The summed E-state index contributed by atoms with van der Waals surface area (Å²) in [7, 11) is 0. The van der Waals surface area contributed by atoms with Gasteiger partial charge < -0.3 is 0 Å². The molecule has 5 aliphatic rings. The van der Waals surface area contributed by atoms with Gasteiger partial charge in [-0.2, -0.15) is 0 Å². The van der Waals surface area contributed by atoms with Gasteiger partial charge in [-0.05, 0) is 107 Å². The van der Waals surface area contributed by atoms with Gasteiger partial charge in [0.1, 0.15) is 0 Å². The van der Waals surface area contributed by atoms with E-state index in [2.05, 4.69) is 115 Å². The van der Waals surface area contributed by atoms with Crippen LogP contribution < -0.4 is 0 Å². The van der Waals surface area contributed by atoms with Crippen LogP contribution in [0.5, 0.6) is 0 Å². The SMILES string of the molecule is c1ccc(-c2ccc(-c3cc(-c4ccc5c(c4)C4(c6cnccc6-5)C5CC6CC(C5)CC4C6)nc(-c4ccccc4)n3)cc2)cc1. The fraction of sp³-hybridized carbons (Fsp3) is 0.233. The van der Waals surface area contributed by atoms with Crippen molar-refractivity contribution < 1.29 is 0 Å². The number of fused-ring (bicyclic) bond motifs is 3. The summed E-state index contributed by atoms with van der Waals surface area (Å²) in [5, 5.41) is 0. The second-order valence-corrected chi connectivity index (χ2v) is 14.1. The second kappa shape index (κ2) is 10.1. The summed E-state index contributed by atoms with van der Waals surface area (Å²) in [5.74, 6) is 3.98. The molecule has 0 atom stereocenters. The minimum Gasteiger partial charge on any atom is -0.264 e. The number of pyridine rings is 1. The van der Waals surface area contributed by atoms with Gasteiger partial charge in [0.05, 0.1) is 11.4 Å². The molecule has 4 saturated carbocycles. The van der Waals surface area contributed by atoms with Crippen molar-refractivity contribution >= 4 is 0 Å². The largest absolute Gasteiger partial charge is 0.264 e. The maximum atomic E-state index is 5.24. The van der Waals surface area contributed by atoms with E-state index in [0.29, 0.717) is 11.8 Å². The lowest BCUT2D eigenvalue weighted by Crippen LogP contribution is -2.55. The Bertz CT molecular complexity index is 2070. The first kappa shape index (κ1) is 26.3. The van der Waals surface area contributed by atoms with Crippen molar-refractivity contribution in [2.24, 2.45) is 23.7 Å². The van der Waals surface area contributed by atoms with Crippen molar-refractivity contribution in [2.75, 3.05) is 0 Å². The molecule has 4 aromatic carbocycles. The van der Waals surface area contributed by atoms with Crippen LogP contribution in [0.15, 0.2) is 128 Å². The summed E-state index contributed by atoms with van der Waals surface area (Å²) < 4.78 is 0. The molecule has 1 spiro atoms. The Morgan fingerprint density at radius 1 is 0.478 bits per heavy atom. The number of hydrogen-bond acceptors (Lipinski definition) is 3. The summed E-state index contributed by atoms with van der Waals surface area (Å²) in [5.41, 5.74) is 13.5. The van der Waals surface area contributed by atoms with Crippen LogP contribution in [0, 0.1) is 23.7 Å². The third kappa shape index (κ3) is 3.87. The predicted octanol–water partition coefficient (Wildman–Crippen LogP) is 10.3. The summed E-state index contributed by atoms with van der Waals surface area (Å²) >= 11 is 0. The Morgan fingerprint density at radius 2 is 1.04 bits per heavy atom. The highest BCUT2D eigenvalue weighted by Crippen LogP contribution is 2.69. The van der Waals surface area contributed by atoms with Crippen LogP contribution in [0.1, 0.15) is 43.2 Å². The number of aromatic nitrogens is 3. The lowest BCUT2D eigenvalue weighted by Gasteiger charge is -2.61. The molecule has 46 heavy (non-hydrogen) atoms. The van der Waals surface area contributed by atoms with Crippen LogP contribution in [-0.4, -0.2) is 15.0 Å². The molecule has 0 aliphatic heterocycles. The number of benzene rings is 4. The summed E-state index contributed by atoms with van der Waals surface area (Å²) in [6, 6.07) is 41.4. The quantitative estimate of drug-likeness (QED) is 0.204. The standard InChI is InChI=1S/C43H35N3/c1-3-7-29(8-4-1)30-11-13-31(14-12-30)40-25-41(46-42(45-40)32-9-5-2-6-10-32)33-15-16-36-37-17-18-44-26-39(37)43(38(36)24-33)34-20-27-19-28(22-34)23-35(43)21-27/h1-18,24-28,34-35H,19-23H2. The van der Waals surface area contributed by atoms with Gasteiger partial charge in [-0.15, -0.1) is 0 Å². The molecular weight excluding hydrogens is 558 g/mol. The highest BCUT2D eigenvalue weighted by molar-refractivity contribution is 5.84. The average molecular weight is 594 g/mol. The molecule has 0 radical (unpaired) electrons. The van der Waals surface area contributed by atoms with E-state index in [4.69, 9.17) is 15.0 Å². The molecule has 0 unspecified atom stereocenters. The molecule has 222 valence electrons. The van der Waals surface area contributed by atoms with E-state index in [1.165, 1.54) is 71.0 Å². The third-order valence-electron chi connectivity index (χ3n) is 11.8. The van der Waals surface area contributed by atoms with Crippen molar-refractivity contribution in [3.8, 4) is 56.2 Å². The Labute approximate surface area is 270 Å². The van der Waals surface area contributed by atoms with Gasteiger partial charge in [0.15, 0.2) is 5.82 Å². The Morgan fingerprint density at radius 3 is 1.74 bits per heavy atom. The highest BCUT2D eigenvalue weighted by atomic mass is 14.9. The molecule has 3 nitrogen and oxygen atoms in total. The predicted molar refractivity (Wildman–Crippen MR) is 185 cm³/mol. The molecule has 0 saturated heterocycles. The Hall–Kier alpha value is -4.89. The van der Waals surface area contributed by atoms with Crippen molar-refractivity contribution in [2.45, 2.75) is 37.5 Å². The van der Waals surface area contributed by atoms with E-state index in [0.717, 1.165) is 40.2 Å². The third-order valence-corrected chi connectivity index (χ3v) is 11.8. The lowest BCUT2D eigenvalue weighted by atomic mass is 9.43. The minimum atomic E-state index is 0.0771. The van der Waals surface area contributed by atoms with Crippen LogP contribution in [0.3, 0.4) is 0 Å². The van der Waals surface area contributed by atoms with Crippen molar-refractivity contribution in [1.29, 1.82) is 0 Å². The van der Waals surface area contributed by atoms with Crippen LogP contribution in [-0.2, 0) is 5.41 Å². The van der Waals surface area contributed by atoms with Gasteiger partial charge in [0.25, 0.3) is 0 Å². The minimum absolute atomic E-state index is 0.0771. The highest BCUT2D eigenvalue weighted by Gasteiger charge is 2.61. The second-order valence-electron chi connectivity index (χ2n) is 14.1. The van der Waals surface area contributed by atoms with E-state index in [1.807, 2.05) is 12.3 Å². The van der Waals surface area contributed by atoms with Crippen molar-refractivity contribution in [3.05, 3.63) is 139 Å². The first-order valence-electron chi connectivity index (χ1n) is 16.9. The molecule has 5 aliphatic carbocycles. The van der Waals surface area contributed by atoms with Gasteiger partial charge in [0.2, 0.25) is 0 Å². The van der Waals surface area contributed by atoms with E-state index in [-0.39, 0.29) is 5.41 Å². The molecule has 0 amide bonds. The normalized spacial score (nSPS) is 25.0. The lowest BCUT2D eigenvalue weighted by molar-refractivity contribution is -0.0400. The molecular formula is C43H35N3. The molecule has 4 bridgehead atoms. The van der Waals surface area contributed by atoms with Crippen LogP contribution >= 0.6 is 0 Å². The molecule has 2 aromatic heterocycles. The number of rotatable bonds is 4. The zero-order chi connectivity index (χ0) is 30.2. The van der Waals surface area contributed by atoms with Gasteiger partial charge in [-0.3, -0.25) is 4.98 Å². The monoisotopic (exact) mass is 593 g/mol. The number of hydrogen-bond donors (Lipinski definition) is 0. The molecule has 2 heterocycles. The maximum absolute atomic E-state index is 5.24. The van der Waals surface area contributed by atoms with Gasteiger partial charge in [-0.25, -0.2) is 9.97 Å². The Kier molecular flexibility index (Phi) is 5.76. The van der Waals surface area contributed by atoms with Crippen LogP contribution in [0.2, 0.25) is 0 Å². The van der Waals surface area contributed by atoms with E-state index in [9.17, 15) is 0 Å². The molecule has 11 rings (SSSR count). The summed E-state index contributed by atoms with van der Waals surface area (Å²) in [6.45, 7) is 0. The van der Waals surface area contributed by atoms with Crippen LogP contribution in [0.25, 0.3) is 56.2 Å². The zero-order valence-corrected chi connectivity index (χ0v) is 25.8. The van der Waals surface area contributed by atoms with Gasteiger partial charge in [-0.1, -0.05) is 97.1 Å². The zero-order valence-electron chi connectivity index (χ0n) is 25.8. The molecule has 0 N–H and O–H groups in total. The first-order valence-corrected chi connectivity index (χ1v) is 16.9. The topological polar surface area (TPSA) is 38.7 Å². The number of nitrogens with zero attached hydrogens (tertiary/aromatic N) is 3. The van der Waals surface area contributed by atoms with Crippen LogP contribution in [0.4, 0.5) is 0 Å². The molecule has 4 fully saturated rings. The summed E-state index contributed by atoms with van der Waals surface area (Å²) in [6.07, 6.45) is 11.1.